The van der Waals surface area contributed by atoms with Crippen LogP contribution in [0.25, 0.3) is 11.1 Å². The van der Waals surface area contributed by atoms with Gasteiger partial charge in [0.2, 0.25) is 0 Å². The molecule has 4 rings (SSSR count). The van der Waals surface area contributed by atoms with E-state index in [0.717, 1.165) is 27.8 Å². The minimum atomic E-state index is -3.24. The van der Waals surface area contributed by atoms with Crippen LogP contribution in [0.2, 0.25) is 0 Å². The minimum absolute atomic E-state index is 0.0412. The van der Waals surface area contributed by atoms with Gasteiger partial charge in [0.15, 0.2) is 9.84 Å². The molecule has 0 saturated carbocycles. The van der Waals surface area contributed by atoms with Crippen molar-refractivity contribution in [3.05, 3.63) is 120 Å². The Morgan fingerprint density at radius 1 is 0.848 bits per heavy atom. The van der Waals surface area contributed by atoms with Gasteiger partial charge in [-0.2, -0.15) is 0 Å². The summed E-state index contributed by atoms with van der Waals surface area (Å²) in [5.74, 6) is -0.0412. The first kappa shape index (κ1) is 22.4. The Labute approximate surface area is 194 Å². The molecule has 0 amide bonds. The predicted molar refractivity (Wildman–Crippen MR) is 130 cm³/mol. The van der Waals surface area contributed by atoms with Gasteiger partial charge in [-0.15, -0.1) is 0 Å². The highest BCUT2D eigenvalue weighted by molar-refractivity contribution is 7.90. The number of pyridine rings is 1. The van der Waals surface area contributed by atoms with Crippen LogP contribution >= 0.6 is 0 Å². The van der Waals surface area contributed by atoms with Gasteiger partial charge in [-0.3, -0.25) is 4.98 Å². The quantitative estimate of drug-likeness (QED) is 0.225. The molecule has 0 aliphatic heterocycles. The zero-order valence-electron chi connectivity index (χ0n) is 18.2. The average molecular weight is 457 g/mol. The third kappa shape index (κ3) is 5.35. The number of hydrogen-bond acceptors (Lipinski definition) is 5. The summed E-state index contributed by atoms with van der Waals surface area (Å²) in [4.78, 5) is 4.35. The van der Waals surface area contributed by atoms with E-state index in [2.05, 4.69) is 34.4 Å². The van der Waals surface area contributed by atoms with Crippen molar-refractivity contribution in [1.82, 2.24) is 4.98 Å². The first-order valence-corrected chi connectivity index (χ1v) is 12.4. The van der Waals surface area contributed by atoms with Crippen LogP contribution in [0.3, 0.4) is 0 Å². The van der Waals surface area contributed by atoms with Crippen LogP contribution in [-0.2, 0) is 9.84 Å². The molecule has 166 valence electrons. The van der Waals surface area contributed by atoms with E-state index >= 15 is 0 Å². The fraction of sp³-hybridized carbons (Fsp3) is 0.111. The van der Waals surface area contributed by atoms with Crippen LogP contribution in [0.1, 0.15) is 29.0 Å². The Morgan fingerprint density at radius 3 is 2.15 bits per heavy atom. The second-order valence-corrected chi connectivity index (χ2v) is 9.89. The van der Waals surface area contributed by atoms with E-state index in [-0.39, 0.29) is 5.92 Å². The van der Waals surface area contributed by atoms with Crippen molar-refractivity contribution in [3.8, 4) is 11.1 Å². The van der Waals surface area contributed by atoms with E-state index in [9.17, 15) is 13.6 Å². The van der Waals surface area contributed by atoms with Crippen LogP contribution in [0.4, 0.5) is 0 Å². The van der Waals surface area contributed by atoms with Crippen molar-refractivity contribution in [2.45, 2.75) is 17.2 Å². The van der Waals surface area contributed by atoms with E-state index < -0.39 is 9.84 Å². The van der Waals surface area contributed by atoms with E-state index in [0.29, 0.717) is 17.0 Å². The van der Waals surface area contributed by atoms with Crippen LogP contribution in [0.15, 0.2) is 113 Å². The summed E-state index contributed by atoms with van der Waals surface area (Å²) in [7, 11) is -3.24. The van der Waals surface area contributed by atoms with E-state index in [1.807, 2.05) is 54.6 Å². The molecule has 0 aliphatic rings. The maximum Gasteiger partial charge on any atom is 0.175 e. The first-order chi connectivity index (χ1) is 16.0. The maximum absolute atomic E-state index is 11.8. The highest BCUT2D eigenvalue weighted by atomic mass is 32.2. The van der Waals surface area contributed by atoms with Crippen LogP contribution in [0.5, 0.6) is 0 Å². The van der Waals surface area contributed by atoms with Crippen molar-refractivity contribution in [3.63, 3.8) is 0 Å². The summed E-state index contributed by atoms with van der Waals surface area (Å²) in [6.45, 7) is 0. The predicted octanol–water partition coefficient (Wildman–Crippen LogP) is 5.55. The number of benzene rings is 3. The second-order valence-electron chi connectivity index (χ2n) is 7.87. The molecule has 1 heterocycles. The van der Waals surface area contributed by atoms with E-state index in [4.69, 9.17) is 0 Å². The van der Waals surface area contributed by atoms with Gasteiger partial charge in [-0.25, -0.2) is 8.42 Å². The molecule has 1 atom stereocenters. The number of aromatic nitrogens is 1. The van der Waals surface area contributed by atoms with E-state index in [1.165, 1.54) is 6.26 Å². The molecule has 1 unspecified atom stereocenters. The molecule has 1 N–H and O–H groups in total. The zero-order valence-corrected chi connectivity index (χ0v) is 19.0. The Bertz CT molecular complexity index is 1350. The number of sulfone groups is 1. The topological polar surface area (TPSA) is 79.6 Å². The van der Waals surface area contributed by atoms with Crippen molar-refractivity contribution < 1.29 is 13.6 Å². The van der Waals surface area contributed by atoms with E-state index in [1.54, 1.807) is 24.5 Å². The highest BCUT2D eigenvalue weighted by Gasteiger charge is 2.19. The van der Waals surface area contributed by atoms with Crippen molar-refractivity contribution in [2.24, 2.45) is 5.16 Å². The standard InChI is InChI=1S/C27H24N2O3S/c1-33(31,32)25-12-10-20(11-13-25)23-8-5-9-24(18-23)26(21-6-3-2-4-7-21)19-27(29-30)22-14-16-28-17-15-22/h2-18,26,30H,19H2,1H3/b29-27-. The molecule has 0 spiro atoms. The fourth-order valence-electron chi connectivity index (χ4n) is 3.90. The number of nitrogens with zero attached hydrogens (tertiary/aromatic N) is 2. The summed E-state index contributed by atoms with van der Waals surface area (Å²) in [5.41, 5.74) is 5.50. The summed E-state index contributed by atoms with van der Waals surface area (Å²) >= 11 is 0. The lowest BCUT2D eigenvalue weighted by Crippen LogP contribution is -2.10. The first-order valence-electron chi connectivity index (χ1n) is 10.5. The third-order valence-electron chi connectivity index (χ3n) is 5.64. The third-order valence-corrected chi connectivity index (χ3v) is 6.77. The molecule has 4 aromatic rings. The van der Waals surface area contributed by atoms with Gasteiger partial charge in [0.1, 0.15) is 0 Å². The molecular weight excluding hydrogens is 432 g/mol. The summed E-state index contributed by atoms with van der Waals surface area (Å²) in [5, 5.41) is 13.4. The molecule has 0 radical (unpaired) electrons. The molecule has 0 saturated heterocycles. The summed E-state index contributed by atoms with van der Waals surface area (Å²) in [6, 6.07) is 28.8. The fourth-order valence-corrected chi connectivity index (χ4v) is 4.53. The van der Waals surface area contributed by atoms with Gasteiger partial charge >= 0.3 is 0 Å². The maximum atomic E-state index is 11.8. The lowest BCUT2D eigenvalue weighted by Gasteiger charge is -2.20. The van der Waals surface area contributed by atoms with Gasteiger partial charge in [0.05, 0.1) is 10.6 Å². The Balaban J connectivity index is 1.72. The molecule has 0 bridgehead atoms. The molecule has 1 aromatic heterocycles. The van der Waals surface area contributed by atoms with Crippen molar-refractivity contribution >= 4 is 15.5 Å². The van der Waals surface area contributed by atoms with Gasteiger partial charge in [-0.05, 0) is 46.5 Å². The SMILES string of the molecule is CS(=O)(=O)c1ccc(-c2cccc(C(C/C(=N/O)c3ccncc3)c3ccccc3)c2)cc1. The van der Waals surface area contributed by atoms with Gasteiger partial charge < -0.3 is 5.21 Å². The van der Waals surface area contributed by atoms with Gasteiger partial charge in [-0.1, -0.05) is 71.9 Å². The second kappa shape index (κ2) is 9.79. The molecule has 0 fully saturated rings. The molecular formula is C27H24N2O3S. The molecule has 5 nitrogen and oxygen atoms in total. The number of oxime groups is 1. The number of hydrogen-bond donors (Lipinski definition) is 1. The van der Waals surface area contributed by atoms with Crippen LogP contribution < -0.4 is 0 Å². The molecule has 3 aromatic carbocycles. The Morgan fingerprint density at radius 2 is 1.52 bits per heavy atom. The molecule has 33 heavy (non-hydrogen) atoms. The normalized spacial score (nSPS) is 12.9. The minimum Gasteiger partial charge on any atom is -0.411 e. The largest absolute Gasteiger partial charge is 0.411 e. The lowest BCUT2D eigenvalue weighted by molar-refractivity contribution is 0.317. The van der Waals surface area contributed by atoms with Crippen LogP contribution in [0, 0.1) is 0 Å². The van der Waals surface area contributed by atoms with Gasteiger partial charge in [0, 0.05) is 36.6 Å². The lowest BCUT2D eigenvalue weighted by atomic mass is 9.84. The Hall–Kier alpha value is -3.77. The molecule has 0 aliphatic carbocycles. The average Bonchev–Trinajstić information content (AvgIpc) is 2.85. The van der Waals surface area contributed by atoms with Crippen molar-refractivity contribution in [1.29, 1.82) is 0 Å². The van der Waals surface area contributed by atoms with Crippen molar-refractivity contribution in [2.75, 3.05) is 6.26 Å². The zero-order chi connectivity index (χ0) is 23.3. The monoisotopic (exact) mass is 456 g/mol. The van der Waals surface area contributed by atoms with Gasteiger partial charge in [0.25, 0.3) is 0 Å². The van der Waals surface area contributed by atoms with Crippen LogP contribution in [-0.4, -0.2) is 30.6 Å². The number of rotatable bonds is 7. The Kier molecular flexibility index (Phi) is 6.66. The summed E-state index contributed by atoms with van der Waals surface area (Å²) < 4.78 is 23.6. The summed E-state index contributed by atoms with van der Waals surface area (Å²) in [6.07, 6.45) is 5.06. The smallest absolute Gasteiger partial charge is 0.175 e. The molecule has 6 heteroatoms. The highest BCUT2D eigenvalue weighted by Crippen LogP contribution is 2.32.